The minimum absolute atomic E-state index is 0.116. The minimum atomic E-state index is -4.54. The fourth-order valence-corrected chi connectivity index (χ4v) is 1.64. The van der Waals surface area contributed by atoms with Crippen LogP contribution in [0.25, 0.3) is 11.1 Å². The minimum Gasteiger partial charge on any atom is -0.503 e. The number of benzene rings is 1. The van der Waals surface area contributed by atoms with Gasteiger partial charge in [-0.25, -0.2) is 0 Å². The maximum absolute atomic E-state index is 12.3. The van der Waals surface area contributed by atoms with Gasteiger partial charge in [0.25, 0.3) is 10.9 Å². The number of aromatic hydroxyl groups is 1. The summed E-state index contributed by atoms with van der Waals surface area (Å²) in [4.78, 5) is 33.5. The van der Waals surface area contributed by atoms with E-state index < -0.39 is 39.3 Å². The zero-order chi connectivity index (χ0) is 14.4. The Labute approximate surface area is 103 Å². The fourth-order valence-electron chi connectivity index (χ4n) is 1.64. The maximum Gasteiger partial charge on any atom is 0.416 e. The molecule has 0 aliphatic carbocycles. The third kappa shape index (κ3) is 2.03. The average Bonchev–Trinajstić information content (AvgIpc) is 2.53. The summed E-state index contributed by atoms with van der Waals surface area (Å²) in [7, 11) is 0. The average molecular weight is 270 g/mol. The highest BCUT2D eigenvalue weighted by Gasteiger charge is 2.30. The molecule has 19 heavy (non-hydrogen) atoms. The van der Waals surface area contributed by atoms with Crippen molar-refractivity contribution in [2.45, 2.75) is 6.18 Å². The quantitative estimate of drug-likeness (QED) is 0.786. The molecule has 0 saturated carbocycles. The van der Waals surface area contributed by atoms with Crippen molar-refractivity contribution in [2.24, 2.45) is 0 Å². The molecule has 2 aromatic carbocycles. The molecule has 0 aromatic heterocycles. The summed E-state index contributed by atoms with van der Waals surface area (Å²) >= 11 is 0. The Morgan fingerprint density at radius 1 is 0.842 bits per heavy atom. The molecule has 0 bridgehead atoms. The van der Waals surface area contributed by atoms with E-state index in [2.05, 4.69) is 0 Å². The zero-order valence-corrected chi connectivity index (χ0v) is 9.12. The summed E-state index contributed by atoms with van der Waals surface area (Å²) in [5, 5.41) is 9.35. The highest BCUT2D eigenvalue weighted by Crippen LogP contribution is 2.31. The van der Waals surface area contributed by atoms with Gasteiger partial charge in [-0.05, 0) is 17.7 Å². The van der Waals surface area contributed by atoms with Crippen LogP contribution in [0.1, 0.15) is 5.56 Å². The number of alkyl halides is 3. The van der Waals surface area contributed by atoms with E-state index >= 15 is 0 Å². The van der Waals surface area contributed by atoms with Crippen molar-refractivity contribution < 1.29 is 18.3 Å². The summed E-state index contributed by atoms with van der Waals surface area (Å²) in [6.07, 6.45) is -4.54. The SMILES string of the molecule is O=c1c(O)c(-c2ccc(C(F)(F)F)cc2)c(=O)c1=O. The molecule has 2 aromatic rings. The zero-order valence-electron chi connectivity index (χ0n) is 9.12. The van der Waals surface area contributed by atoms with E-state index in [4.69, 9.17) is 0 Å². The van der Waals surface area contributed by atoms with Crippen molar-refractivity contribution >= 4 is 0 Å². The third-order valence-corrected chi connectivity index (χ3v) is 2.59. The van der Waals surface area contributed by atoms with E-state index in [0.717, 1.165) is 12.1 Å². The molecule has 4 nitrogen and oxygen atoms in total. The van der Waals surface area contributed by atoms with Crippen molar-refractivity contribution in [1.82, 2.24) is 0 Å². The predicted molar refractivity (Wildman–Crippen MR) is 59.7 cm³/mol. The Kier molecular flexibility index (Phi) is 2.77. The molecule has 0 spiro atoms. The summed E-state index contributed by atoms with van der Waals surface area (Å²) in [5.41, 5.74) is -5.59. The van der Waals surface area contributed by atoms with Gasteiger partial charge in [-0.2, -0.15) is 13.2 Å². The van der Waals surface area contributed by atoms with Crippen molar-refractivity contribution in [2.75, 3.05) is 0 Å². The lowest BCUT2D eigenvalue weighted by molar-refractivity contribution is -0.137. The summed E-state index contributed by atoms with van der Waals surface area (Å²) < 4.78 is 37.0. The standard InChI is InChI=1S/C12H5F3O4/c13-12(14,15)6-3-1-5(2-4-6)7-8(16)10(18)11(19)9(7)17/h1-4,16H. The van der Waals surface area contributed by atoms with E-state index in [1.165, 1.54) is 0 Å². The molecule has 0 aliphatic heterocycles. The number of hydrogen-bond donors (Lipinski definition) is 1. The van der Waals surface area contributed by atoms with E-state index in [-0.39, 0.29) is 5.56 Å². The molecule has 1 N–H and O–H groups in total. The molecular formula is C12H5F3O4. The predicted octanol–water partition coefficient (Wildman–Crippen LogP) is 1.03. The van der Waals surface area contributed by atoms with Crippen LogP contribution in [-0.2, 0) is 6.18 Å². The van der Waals surface area contributed by atoms with Crippen molar-refractivity contribution in [3.63, 3.8) is 0 Å². The molecule has 2 rings (SSSR count). The lowest BCUT2D eigenvalue weighted by Crippen LogP contribution is -2.29. The first-order chi connectivity index (χ1) is 8.73. The van der Waals surface area contributed by atoms with Gasteiger partial charge in [0, 0.05) is 0 Å². The van der Waals surface area contributed by atoms with Gasteiger partial charge < -0.3 is 5.11 Å². The molecule has 0 fully saturated rings. The number of hydrogen-bond acceptors (Lipinski definition) is 4. The molecule has 0 unspecified atom stereocenters. The molecule has 0 aliphatic rings. The Bertz CT molecular complexity index is 766. The van der Waals surface area contributed by atoms with E-state index in [1.807, 2.05) is 0 Å². The van der Waals surface area contributed by atoms with E-state index in [1.54, 1.807) is 0 Å². The number of rotatable bonds is 1. The van der Waals surface area contributed by atoms with Crippen LogP contribution in [-0.4, -0.2) is 5.11 Å². The second-order valence-corrected chi connectivity index (χ2v) is 3.79. The molecule has 98 valence electrons. The van der Waals surface area contributed by atoms with Crippen molar-refractivity contribution in [3.8, 4) is 16.9 Å². The highest BCUT2D eigenvalue weighted by molar-refractivity contribution is 5.70. The molecule has 0 amide bonds. The van der Waals surface area contributed by atoms with Crippen LogP contribution < -0.4 is 16.3 Å². The van der Waals surface area contributed by atoms with Crippen molar-refractivity contribution in [1.29, 1.82) is 0 Å². The summed E-state index contributed by atoms with van der Waals surface area (Å²) in [6.45, 7) is 0. The first-order valence-electron chi connectivity index (χ1n) is 4.97. The topological polar surface area (TPSA) is 71.4 Å². The fraction of sp³-hybridized carbons (Fsp3) is 0.0833. The van der Waals surface area contributed by atoms with Crippen LogP contribution >= 0.6 is 0 Å². The Balaban J connectivity index is 2.62. The van der Waals surface area contributed by atoms with Gasteiger partial charge in [-0.3, -0.25) is 14.4 Å². The second kappa shape index (κ2) is 4.04. The third-order valence-electron chi connectivity index (χ3n) is 2.59. The van der Waals surface area contributed by atoms with Gasteiger partial charge in [0.05, 0.1) is 11.1 Å². The molecule has 0 radical (unpaired) electrons. The molecule has 0 heterocycles. The van der Waals surface area contributed by atoms with E-state index in [9.17, 15) is 32.7 Å². The van der Waals surface area contributed by atoms with Crippen LogP contribution in [0.4, 0.5) is 13.2 Å². The Morgan fingerprint density at radius 2 is 1.37 bits per heavy atom. The number of halogens is 3. The second-order valence-electron chi connectivity index (χ2n) is 3.79. The molecule has 0 atom stereocenters. The molecular weight excluding hydrogens is 265 g/mol. The lowest BCUT2D eigenvalue weighted by Gasteiger charge is -2.06. The van der Waals surface area contributed by atoms with Crippen LogP contribution in [0.3, 0.4) is 0 Å². The maximum atomic E-state index is 12.3. The highest BCUT2D eigenvalue weighted by atomic mass is 19.4. The van der Waals surface area contributed by atoms with Gasteiger partial charge in [0.2, 0.25) is 5.43 Å². The van der Waals surface area contributed by atoms with Crippen LogP contribution in [0.2, 0.25) is 0 Å². The molecule has 7 heteroatoms. The van der Waals surface area contributed by atoms with Crippen molar-refractivity contribution in [3.05, 3.63) is 60.5 Å². The summed E-state index contributed by atoms with van der Waals surface area (Å²) in [5.74, 6) is -1.03. The van der Waals surface area contributed by atoms with Gasteiger partial charge >= 0.3 is 6.18 Å². The first-order valence-corrected chi connectivity index (χ1v) is 4.97. The largest absolute Gasteiger partial charge is 0.503 e. The van der Waals surface area contributed by atoms with Gasteiger partial charge in [0.15, 0.2) is 5.75 Å². The van der Waals surface area contributed by atoms with E-state index in [0.29, 0.717) is 12.1 Å². The van der Waals surface area contributed by atoms with Crippen LogP contribution in [0.5, 0.6) is 5.75 Å². The van der Waals surface area contributed by atoms with Gasteiger partial charge in [-0.15, -0.1) is 0 Å². The lowest BCUT2D eigenvalue weighted by atomic mass is 10.1. The smallest absolute Gasteiger partial charge is 0.416 e. The van der Waals surface area contributed by atoms with Crippen LogP contribution in [0.15, 0.2) is 38.6 Å². The Hall–Kier alpha value is -2.44. The monoisotopic (exact) mass is 270 g/mol. The Morgan fingerprint density at radius 3 is 1.74 bits per heavy atom. The first kappa shape index (κ1) is 13.0. The van der Waals surface area contributed by atoms with Gasteiger partial charge in [-0.1, -0.05) is 12.1 Å². The summed E-state index contributed by atoms with van der Waals surface area (Å²) in [6, 6.07) is 3.21. The van der Waals surface area contributed by atoms with Crippen LogP contribution in [0, 0.1) is 0 Å². The van der Waals surface area contributed by atoms with Gasteiger partial charge in [0.1, 0.15) is 0 Å². The molecule has 0 saturated heterocycles. The normalized spacial score (nSPS) is 11.7.